The Balaban J connectivity index is 1.32. The number of aromatic nitrogens is 2. The van der Waals surface area contributed by atoms with Gasteiger partial charge < -0.3 is 14.2 Å². The van der Waals surface area contributed by atoms with Crippen molar-refractivity contribution in [2.24, 2.45) is 5.92 Å². The van der Waals surface area contributed by atoms with Gasteiger partial charge in [-0.1, -0.05) is 5.16 Å². The molecule has 1 amide bonds. The number of amides is 1. The molecule has 0 bridgehead atoms. The van der Waals surface area contributed by atoms with Crippen molar-refractivity contribution in [3.63, 3.8) is 0 Å². The molecule has 3 heterocycles. The maximum Gasteiger partial charge on any atom is 0.255 e. The quantitative estimate of drug-likeness (QED) is 0.827. The number of ether oxygens (including phenoxy) is 1. The Labute approximate surface area is 138 Å². The zero-order chi connectivity index (χ0) is 16.9. The average Bonchev–Trinajstić information content (AvgIpc) is 3.12. The fourth-order valence-electron chi connectivity index (χ4n) is 4.03. The molecule has 4 rings (SSSR count). The van der Waals surface area contributed by atoms with Gasteiger partial charge in [-0.2, -0.15) is 4.98 Å². The first kappa shape index (κ1) is 15.9. The third kappa shape index (κ3) is 2.81. The Hall–Kier alpha value is -1.57. The van der Waals surface area contributed by atoms with Crippen molar-refractivity contribution >= 4 is 5.91 Å². The maximum absolute atomic E-state index is 13.0. The summed E-state index contributed by atoms with van der Waals surface area (Å²) in [6, 6.07) is 0. The predicted molar refractivity (Wildman–Crippen MR) is 78.3 cm³/mol. The summed E-state index contributed by atoms with van der Waals surface area (Å²) in [4.78, 5) is 18.2. The van der Waals surface area contributed by atoms with E-state index in [0.717, 1.165) is 25.7 Å². The van der Waals surface area contributed by atoms with Gasteiger partial charge in [0.25, 0.3) is 5.89 Å². The highest BCUT2D eigenvalue weighted by atomic mass is 19.3. The number of nitrogens with zero attached hydrogens (tertiary/aromatic N) is 3. The summed E-state index contributed by atoms with van der Waals surface area (Å²) in [7, 11) is 0. The number of piperidine rings is 1. The number of carbonyl (C=O) groups excluding carboxylic acids is 1. The molecule has 3 fully saturated rings. The van der Waals surface area contributed by atoms with Gasteiger partial charge in [0.2, 0.25) is 11.8 Å². The summed E-state index contributed by atoms with van der Waals surface area (Å²) in [5.41, 5.74) is -0.257. The van der Waals surface area contributed by atoms with Gasteiger partial charge in [-0.3, -0.25) is 4.79 Å². The maximum atomic E-state index is 13.0. The molecule has 0 aromatic carbocycles. The summed E-state index contributed by atoms with van der Waals surface area (Å²) in [6.45, 7) is 2.90. The van der Waals surface area contributed by atoms with E-state index < -0.39 is 11.8 Å². The van der Waals surface area contributed by atoms with E-state index >= 15 is 0 Å². The highest BCUT2D eigenvalue weighted by molar-refractivity contribution is 5.80. The van der Waals surface area contributed by atoms with Crippen molar-refractivity contribution in [1.29, 1.82) is 0 Å². The number of hydrogen-bond donors (Lipinski definition) is 0. The molecule has 2 saturated heterocycles. The standard InChI is InChI=1S/C16H21F2N3O3/c1-10-19-13(24-20-10)12-2-3-15(23-12)4-6-21(7-5-15)14(22)11-8-16(17,18)9-11/h11-12H,2-9H2,1H3/t12-/m0/s1. The van der Waals surface area contributed by atoms with Crippen LogP contribution in [0.15, 0.2) is 4.52 Å². The number of halogens is 2. The van der Waals surface area contributed by atoms with Gasteiger partial charge in [-0.05, 0) is 32.6 Å². The molecule has 3 aliphatic rings. The third-order valence-corrected chi connectivity index (χ3v) is 5.50. The van der Waals surface area contributed by atoms with E-state index in [1.165, 1.54) is 0 Å². The topological polar surface area (TPSA) is 68.5 Å². The number of aryl methyl sites for hydroxylation is 1. The van der Waals surface area contributed by atoms with Crippen LogP contribution in [0.3, 0.4) is 0 Å². The van der Waals surface area contributed by atoms with E-state index in [4.69, 9.17) is 9.26 Å². The van der Waals surface area contributed by atoms with Crippen LogP contribution in [0.1, 0.15) is 56.3 Å². The molecule has 132 valence electrons. The summed E-state index contributed by atoms with van der Waals surface area (Å²) in [5, 5.41) is 3.80. The minimum atomic E-state index is -2.65. The van der Waals surface area contributed by atoms with Crippen LogP contribution in [0.2, 0.25) is 0 Å². The van der Waals surface area contributed by atoms with Crippen LogP contribution >= 0.6 is 0 Å². The second-order valence-corrected chi connectivity index (χ2v) is 7.29. The van der Waals surface area contributed by atoms with Crippen LogP contribution in [-0.2, 0) is 9.53 Å². The molecule has 24 heavy (non-hydrogen) atoms. The molecule has 6 nitrogen and oxygen atoms in total. The largest absolute Gasteiger partial charge is 0.362 e. The van der Waals surface area contributed by atoms with Crippen LogP contribution in [0.4, 0.5) is 8.78 Å². The second kappa shape index (κ2) is 5.47. The highest BCUT2D eigenvalue weighted by Crippen LogP contribution is 2.46. The molecule has 1 spiro atoms. The fraction of sp³-hybridized carbons (Fsp3) is 0.812. The van der Waals surface area contributed by atoms with E-state index in [1.54, 1.807) is 11.8 Å². The van der Waals surface area contributed by atoms with Crippen LogP contribution in [0.5, 0.6) is 0 Å². The normalized spacial score (nSPS) is 29.0. The molecule has 1 atom stereocenters. The highest BCUT2D eigenvalue weighted by Gasteiger charge is 2.51. The third-order valence-electron chi connectivity index (χ3n) is 5.50. The molecular formula is C16H21F2N3O3. The summed E-state index contributed by atoms with van der Waals surface area (Å²) < 4.78 is 37.3. The zero-order valence-electron chi connectivity index (χ0n) is 13.6. The monoisotopic (exact) mass is 341 g/mol. The first-order valence-corrected chi connectivity index (χ1v) is 8.51. The van der Waals surface area contributed by atoms with Crippen LogP contribution in [0, 0.1) is 12.8 Å². The van der Waals surface area contributed by atoms with E-state index in [0.29, 0.717) is 24.8 Å². The van der Waals surface area contributed by atoms with Crippen molar-refractivity contribution in [3.05, 3.63) is 11.7 Å². The Kier molecular flexibility index (Phi) is 3.63. The van der Waals surface area contributed by atoms with Crippen molar-refractivity contribution in [2.45, 2.75) is 63.1 Å². The van der Waals surface area contributed by atoms with Gasteiger partial charge >= 0.3 is 0 Å². The first-order valence-electron chi connectivity index (χ1n) is 8.51. The van der Waals surface area contributed by atoms with E-state index in [9.17, 15) is 13.6 Å². The molecule has 1 aromatic heterocycles. The van der Waals surface area contributed by atoms with Crippen molar-refractivity contribution in [3.8, 4) is 0 Å². The second-order valence-electron chi connectivity index (χ2n) is 7.29. The molecule has 8 heteroatoms. The molecule has 1 saturated carbocycles. The molecule has 0 unspecified atom stereocenters. The Morgan fingerprint density at radius 3 is 2.54 bits per heavy atom. The molecule has 0 N–H and O–H groups in total. The minimum absolute atomic E-state index is 0.127. The van der Waals surface area contributed by atoms with E-state index in [1.807, 2.05) is 0 Å². The summed E-state index contributed by atoms with van der Waals surface area (Å²) in [6.07, 6.45) is 2.38. The van der Waals surface area contributed by atoms with Gasteiger partial charge in [0.15, 0.2) is 5.82 Å². The number of carbonyl (C=O) groups is 1. The summed E-state index contributed by atoms with van der Waals surface area (Å²) >= 11 is 0. The average molecular weight is 341 g/mol. The molecule has 1 aromatic rings. The van der Waals surface area contributed by atoms with Crippen molar-refractivity contribution < 1.29 is 22.8 Å². The number of rotatable bonds is 2. The number of alkyl halides is 2. The molecule has 2 aliphatic heterocycles. The lowest BCUT2D eigenvalue weighted by Crippen LogP contribution is -2.52. The Morgan fingerprint density at radius 1 is 1.25 bits per heavy atom. The summed E-state index contributed by atoms with van der Waals surface area (Å²) in [5.74, 6) is -2.18. The van der Waals surface area contributed by atoms with Crippen molar-refractivity contribution in [2.75, 3.05) is 13.1 Å². The lowest BCUT2D eigenvalue weighted by molar-refractivity contribution is -0.164. The van der Waals surface area contributed by atoms with Gasteiger partial charge in [0.05, 0.1) is 5.60 Å². The lowest BCUT2D eigenvalue weighted by atomic mass is 9.79. The molecule has 0 radical (unpaired) electrons. The number of likely N-dealkylation sites (tertiary alicyclic amines) is 1. The number of hydrogen-bond acceptors (Lipinski definition) is 5. The first-order chi connectivity index (χ1) is 11.4. The molecular weight excluding hydrogens is 320 g/mol. The zero-order valence-corrected chi connectivity index (χ0v) is 13.6. The van der Waals surface area contributed by atoms with Crippen molar-refractivity contribution in [1.82, 2.24) is 15.0 Å². The fourth-order valence-corrected chi connectivity index (χ4v) is 4.03. The predicted octanol–water partition coefficient (Wildman–Crippen LogP) is 2.64. The minimum Gasteiger partial charge on any atom is -0.362 e. The van der Waals surface area contributed by atoms with Gasteiger partial charge in [0, 0.05) is 31.8 Å². The van der Waals surface area contributed by atoms with E-state index in [2.05, 4.69) is 10.1 Å². The SMILES string of the molecule is Cc1noc([C@@H]2CCC3(CCN(C(=O)C4CC(F)(F)C4)CC3)O2)n1. The van der Waals surface area contributed by atoms with Gasteiger partial charge in [0.1, 0.15) is 6.10 Å². The van der Waals surface area contributed by atoms with Crippen LogP contribution in [0.25, 0.3) is 0 Å². The smallest absolute Gasteiger partial charge is 0.255 e. The molecule has 1 aliphatic carbocycles. The van der Waals surface area contributed by atoms with E-state index in [-0.39, 0.29) is 30.5 Å². The Bertz CT molecular complexity index is 632. The van der Waals surface area contributed by atoms with Crippen LogP contribution < -0.4 is 0 Å². The Morgan fingerprint density at radius 2 is 1.96 bits per heavy atom. The van der Waals surface area contributed by atoms with Crippen LogP contribution in [-0.4, -0.2) is 45.6 Å². The van der Waals surface area contributed by atoms with Gasteiger partial charge in [-0.15, -0.1) is 0 Å². The van der Waals surface area contributed by atoms with Gasteiger partial charge in [-0.25, -0.2) is 8.78 Å². The lowest BCUT2D eigenvalue weighted by Gasteiger charge is -2.42.